The summed E-state index contributed by atoms with van der Waals surface area (Å²) in [7, 11) is 0. The topological polar surface area (TPSA) is 96.0 Å². The van der Waals surface area contributed by atoms with Gasteiger partial charge < -0.3 is 10.2 Å². The lowest BCUT2D eigenvalue weighted by Gasteiger charge is -2.61. The maximum Gasteiger partial charge on any atom is 0.270 e. The van der Waals surface area contributed by atoms with E-state index in [1.54, 1.807) is 0 Å². The van der Waals surface area contributed by atoms with Crippen molar-refractivity contribution in [3.05, 3.63) is 33.9 Å². The zero-order chi connectivity index (χ0) is 23.4. The van der Waals surface area contributed by atoms with Gasteiger partial charge in [-0.3, -0.25) is 15.1 Å². The van der Waals surface area contributed by atoms with Crippen molar-refractivity contribution < 1.29 is 15.1 Å². The molecule has 0 spiro atoms. The molecule has 0 bridgehead atoms. The molecule has 33 heavy (non-hydrogen) atoms. The smallest absolute Gasteiger partial charge is 0.270 e. The number of nitrogens with zero attached hydrogens (tertiary/aromatic N) is 2. The Labute approximate surface area is 196 Å². The second kappa shape index (κ2) is 8.07. The number of phenols is 1. The molecular weight excluding hydrogens is 416 g/mol. The molecule has 1 aromatic rings. The number of nitro groups is 1. The Kier molecular flexibility index (Phi) is 5.58. The van der Waals surface area contributed by atoms with Crippen LogP contribution in [0.1, 0.15) is 83.6 Å². The van der Waals surface area contributed by atoms with E-state index in [-0.39, 0.29) is 23.4 Å². The van der Waals surface area contributed by atoms with Crippen LogP contribution in [0.3, 0.4) is 0 Å². The summed E-state index contributed by atoms with van der Waals surface area (Å²) in [5.41, 5.74) is -0.278. The predicted molar refractivity (Wildman–Crippen MR) is 129 cm³/mol. The van der Waals surface area contributed by atoms with Crippen molar-refractivity contribution in [2.24, 2.45) is 39.5 Å². The molecule has 0 aliphatic heterocycles. The maximum absolute atomic E-state index is 11.8. The highest BCUT2D eigenvalue weighted by Crippen LogP contribution is 2.68. The molecule has 0 unspecified atom stereocenters. The van der Waals surface area contributed by atoms with Crippen LogP contribution in [0, 0.1) is 44.6 Å². The number of nitro benzene ring substituents is 1. The number of non-ortho nitro benzene ring substituents is 1. The van der Waals surface area contributed by atoms with Gasteiger partial charge >= 0.3 is 0 Å². The summed E-state index contributed by atoms with van der Waals surface area (Å²) in [6, 6.07) is 3.93. The molecular formula is C27H38N2O4. The van der Waals surface area contributed by atoms with Gasteiger partial charge in [-0.2, -0.15) is 0 Å². The van der Waals surface area contributed by atoms with Crippen molar-refractivity contribution in [2.75, 3.05) is 6.54 Å². The molecule has 1 aromatic carbocycles. The third-order valence-corrected chi connectivity index (χ3v) is 10.7. The molecule has 6 heteroatoms. The minimum absolute atomic E-state index is 0.0372. The molecule has 2 N–H and O–H groups in total. The van der Waals surface area contributed by atoms with Gasteiger partial charge in [-0.15, -0.1) is 0 Å². The van der Waals surface area contributed by atoms with Crippen LogP contribution >= 0.6 is 0 Å². The minimum Gasteiger partial charge on any atom is -0.507 e. The highest BCUT2D eigenvalue weighted by Gasteiger charge is 2.64. The molecule has 0 amide bonds. The van der Waals surface area contributed by atoms with Crippen molar-refractivity contribution in [3.63, 3.8) is 0 Å². The summed E-state index contributed by atoms with van der Waals surface area (Å²) in [5.74, 6) is 2.90. The Morgan fingerprint density at radius 3 is 2.67 bits per heavy atom. The normalized spacial score (nSPS) is 42.5. The summed E-state index contributed by atoms with van der Waals surface area (Å²) in [6.07, 6.45) is 13.8. The van der Waals surface area contributed by atoms with Crippen molar-refractivity contribution in [2.45, 2.75) is 83.7 Å². The Balaban J connectivity index is 1.34. The molecule has 0 radical (unpaired) electrons. The molecule has 7 atom stereocenters. The number of aromatic hydroxyl groups is 1. The summed E-state index contributed by atoms with van der Waals surface area (Å²) in [6.45, 7) is 5.14. The van der Waals surface area contributed by atoms with Gasteiger partial charge in [0.2, 0.25) is 0 Å². The highest BCUT2D eigenvalue weighted by molar-refractivity contribution is 5.84. The number of fused-ring (bicyclic) bond motifs is 5. The molecule has 4 aliphatic rings. The van der Waals surface area contributed by atoms with Crippen LogP contribution in [0.5, 0.6) is 5.75 Å². The second-order valence-electron chi connectivity index (χ2n) is 11.9. The molecule has 5 rings (SSSR count). The molecule has 0 aromatic heterocycles. The van der Waals surface area contributed by atoms with Crippen molar-refractivity contribution in [1.29, 1.82) is 0 Å². The van der Waals surface area contributed by atoms with Crippen LogP contribution in [0.4, 0.5) is 5.69 Å². The lowest BCUT2D eigenvalue weighted by Crippen LogP contribution is -2.56. The van der Waals surface area contributed by atoms with Gasteiger partial charge in [-0.25, -0.2) is 0 Å². The molecule has 4 saturated carbocycles. The molecule has 4 aliphatic carbocycles. The monoisotopic (exact) mass is 454 g/mol. The first-order valence-electron chi connectivity index (χ1n) is 12.9. The van der Waals surface area contributed by atoms with E-state index in [4.69, 9.17) is 0 Å². The number of hydrogen-bond acceptors (Lipinski definition) is 5. The van der Waals surface area contributed by atoms with E-state index >= 15 is 0 Å². The number of aliphatic imine (C=N–C) groups is 1. The van der Waals surface area contributed by atoms with E-state index in [1.807, 2.05) is 0 Å². The first kappa shape index (κ1) is 22.8. The highest BCUT2D eigenvalue weighted by atomic mass is 16.6. The lowest BCUT2D eigenvalue weighted by atomic mass is 9.44. The molecule has 6 nitrogen and oxygen atoms in total. The average molecular weight is 455 g/mol. The molecule has 180 valence electrons. The van der Waals surface area contributed by atoms with Gasteiger partial charge in [0.25, 0.3) is 5.69 Å². The SMILES string of the molecule is C[C@]12CCCC[C@@H]1CC[C@@H]1[C@@H]2CC[C@@]2(C)[C@H]1CC[C@]2(O)CN=Cc1cc([N+](=O)[O-])ccc1O. The largest absolute Gasteiger partial charge is 0.507 e. The first-order chi connectivity index (χ1) is 15.7. The summed E-state index contributed by atoms with van der Waals surface area (Å²) < 4.78 is 0. The standard InChI is InChI=1S/C27H38N2O4/c1-25-12-4-3-5-19(25)6-8-21-22(25)10-13-26(2)23(21)11-14-27(26,31)17-28-16-18-15-20(29(32)33)7-9-24(18)30/h7,9,15-16,19,21-23,30-31H,3-6,8,10-14,17H2,1-2H3/t19-,21-,22+,23+,25+,26+,27+/m1/s1. The van der Waals surface area contributed by atoms with Crippen molar-refractivity contribution in [1.82, 2.24) is 0 Å². The predicted octanol–water partition coefficient (Wildman–Crippen LogP) is 5.88. The second-order valence-corrected chi connectivity index (χ2v) is 11.9. The van der Waals surface area contributed by atoms with Crippen LogP contribution in [0.2, 0.25) is 0 Å². The van der Waals surface area contributed by atoms with E-state index in [0.29, 0.717) is 22.8 Å². The Morgan fingerprint density at radius 2 is 1.88 bits per heavy atom. The Hall–Kier alpha value is -1.95. The van der Waals surface area contributed by atoms with Crippen molar-refractivity contribution in [3.8, 4) is 5.75 Å². The van der Waals surface area contributed by atoms with E-state index in [2.05, 4.69) is 18.8 Å². The molecule has 0 saturated heterocycles. The summed E-state index contributed by atoms with van der Waals surface area (Å²) in [5, 5.41) is 33.0. The number of rotatable bonds is 4. The van der Waals surface area contributed by atoms with Crippen molar-refractivity contribution >= 4 is 11.9 Å². The molecule has 4 fully saturated rings. The number of phenolic OH excluding ortho intramolecular Hbond substituents is 1. The van der Waals surface area contributed by atoms with E-state index in [0.717, 1.165) is 31.1 Å². The zero-order valence-corrected chi connectivity index (χ0v) is 20.0. The Morgan fingerprint density at radius 1 is 1.09 bits per heavy atom. The zero-order valence-electron chi connectivity index (χ0n) is 20.0. The van der Waals surface area contributed by atoms with Crippen LogP contribution in [-0.4, -0.2) is 33.5 Å². The van der Waals surface area contributed by atoms with E-state index in [1.165, 1.54) is 69.4 Å². The number of aliphatic hydroxyl groups is 1. The quantitative estimate of drug-likeness (QED) is 0.337. The number of benzene rings is 1. The maximum atomic E-state index is 11.8. The fourth-order valence-corrected chi connectivity index (χ4v) is 8.72. The minimum atomic E-state index is -0.861. The van der Waals surface area contributed by atoms with Crippen LogP contribution in [0.25, 0.3) is 0 Å². The van der Waals surface area contributed by atoms with Crippen LogP contribution in [-0.2, 0) is 0 Å². The first-order valence-corrected chi connectivity index (χ1v) is 12.9. The van der Waals surface area contributed by atoms with E-state index < -0.39 is 10.5 Å². The van der Waals surface area contributed by atoms with Gasteiger partial charge in [0.1, 0.15) is 5.75 Å². The third kappa shape index (κ3) is 3.51. The average Bonchev–Trinajstić information content (AvgIpc) is 3.05. The third-order valence-electron chi connectivity index (χ3n) is 10.7. The fraction of sp³-hybridized carbons (Fsp3) is 0.741. The van der Waals surface area contributed by atoms with Gasteiger partial charge in [0.05, 0.1) is 17.1 Å². The van der Waals surface area contributed by atoms with Gasteiger partial charge in [0.15, 0.2) is 0 Å². The summed E-state index contributed by atoms with van der Waals surface area (Å²) >= 11 is 0. The van der Waals surface area contributed by atoms with Gasteiger partial charge in [-0.1, -0.05) is 26.7 Å². The lowest BCUT2D eigenvalue weighted by molar-refractivity contribution is -0.384. The number of hydrogen-bond donors (Lipinski definition) is 2. The molecule has 0 heterocycles. The Bertz CT molecular complexity index is 963. The summed E-state index contributed by atoms with van der Waals surface area (Å²) in [4.78, 5) is 15.1. The van der Waals surface area contributed by atoms with E-state index in [9.17, 15) is 20.3 Å². The van der Waals surface area contributed by atoms with Crippen LogP contribution in [0.15, 0.2) is 23.2 Å². The van der Waals surface area contributed by atoms with Gasteiger partial charge in [-0.05, 0) is 86.5 Å². The van der Waals surface area contributed by atoms with Crippen LogP contribution < -0.4 is 0 Å². The van der Waals surface area contributed by atoms with Gasteiger partial charge in [0, 0.05) is 29.3 Å². The fourth-order valence-electron chi connectivity index (χ4n) is 8.72.